The highest BCUT2D eigenvalue weighted by Gasteiger charge is 2.89. The fraction of sp³-hybridized carbons (Fsp3) is 0.926. The van der Waals surface area contributed by atoms with Crippen molar-refractivity contribution in [2.45, 2.75) is 103 Å². The lowest BCUT2D eigenvalue weighted by Gasteiger charge is -2.57. The average Bonchev–Trinajstić information content (AvgIpc) is 0.982. The molecular formula is C27H78N2O40Si19. The van der Waals surface area contributed by atoms with Crippen molar-refractivity contribution >= 4 is 181 Å². The van der Waals surface area contributed by atoms with E-state index in [1.54, 1.807) is 0 Å². The Balaban J connectivity index is 0.000000334. The first kappa shape index (κ1) is 76.9. The molecule has 12 fully saturated rings. The molecule has 11 unspecified atom stereocenters. The minimum absolute atomic E-state index is 0.0920. The molecular weight excluding hydrogens is 1530 g/mol. The topological polar surface area (TPSA) is 475 Å². The van der Waals surface area contributed by atoms with E-state index in [1.807, 2.05) is 0 Å². The van der Waals surface area contributed by atoms with E-state index in [1.165, 1.54) is 115 Å². The molecule has 11 atom stereocenters. The van der Waals surface area contributed by atoms with E-state index >= 15 is 0 Å². The van der Waals surface area contributed by atoms with Crippen LogP contribution in [0.15, 0.2) is 0 Å². The molecule has 2 amide bonds. The van der Waals surface area contributed by atoms with Crippen LogP contribution >= 0.6 is 0 Å². The van der Waals surface area contributed by atoms with Gasteiger partial charge in [-0.05, 0) is 39.3 Å². The number of aliphatic hydroxyl groups is 1. The number of carbonyl (C=O) groups excluding carboxylic acids is 2. The van der Waals surface area contributed by atoms with E-state index in [9.17, 15) is 33.6 Å². The standard InChI is InChI=1S/C14H32N2O8Si2.C12H42O31Si17.CH4O/c1-19-25(20-2,21-3)11-9-15-13(17)7-8-14(18)16-10-12-26(22-4,23-5)24-6;1-45(2)20-44(13)21-57-27-48(7,14)22-46(3,4)24-51(10)28-49(8)18-19-56(32-51)25-47(5,6)26-58(41-56)34-53(12,33-57)30-50(9,23-45)31-55(17,39-57)40-60(42-58)38-54(15,16)37-59(43-60)35-52(11,29-49)36-59;1-2/h7-12H2,1-6H3,(H,15,17)(H,16,18);13-17,44H,1-12H3;2H,1H3. The Kier molecular flexibility index (Phi) is 23.6. The summed E-state index contributed by atoms with van der Waals surface area (Å²) in [6.45, 7) is 17.5. The molecule has 512 valence electrons. The second-order valence-electron chi connectivity index (χ2n) is 21.2. The van der Waals surface area contributed by atoms with Crippen LogP contribution in [-0.2, 0) is 144 Å². The number of hydrogen-bond donors (Lipinski definition) is 8. The third-order valence-corrected chi connectivity index (χ3v) is 80.2. The summed E-state index contributed by atoms with van der Waals surface area (Å²) in [5.74, 6) is -0.443. The van der Waals surface area contributed by atoms with Crippen LogP contribution in [0, 0.1) is 0 Å². The Bertz CT molecular complexity index is 2440. The van der Waals surface area contributed by atoms with Crippen LogP contribution in [0.25, 0.3) is 0 Å². The van der Waals surface area contributed by atoms with Crippen LogP contribution in [0.1, 0.15) is 12.8 Å². The summed E-state index contributed by atoms with van der Waals surface area (Å²) >= 11 is 0. The Labute approximate surface area is 527 Å². The molecule has 0 aliphatic carbocycles. The molecule has 12 saturated heterocycles. The SMILES string of the molecule is CO.CO[Si](CCNC(=O)CCC(=O)NCC[Si](OC)(OC)OC)(OC)OC.C[Si]1(C)O[SiH](O)O[Si]23O[Si](C)(O)O[Si](C)(C)O[Si]4(C)O[Si]5(C)OO[Si]6(O[Si](C)(C)O[Si]7(O[Si](C)(O[Si](C)(O1)O[Si](O)(O2)O[Si]1(O[Si](O)(O)O[Si]2(O[Si](C)(O5)O2)O1)O7)O3)O6)O4. The first-order valence-electron chi connectivity index (χ1n) is 26.2. The Morgan fingerprint density at radius 2 is 0.750 bits per heavy atom. The number of aliphatic hydroxyl groups excluding tert-OH is 1. The molecule has 12 aliphatic rings. The van der Waals surface area contributed by atoms with Gasteiger partial charge in [-0.3, -0.25) is 9.59 Å². The highest BCUT2D eigenvalue weighted by molar-refractivity contribution is 7.02. The molecule has 5 spiro atoms. The maximum atomic E-state index is 12.8. The summed E-state index contributed by atoms with van der Waals surface area (Å²) < 4.78 is 195. The molecule has 88 heavy (non-hydrogen) atoms. The molecule has 0 aromatic heterocycles. The molecule has 0 aromatic rings. The minimum Gasteiger partial charge on any atom is -0.400 e. The summed E-state index contributed by atoms with van der Waals surface area (Å²) in [4.78, 5) is 83.0. The number of fused-ring (bicyclic) bond motifs is 5. The average molecular weight is 1600 g/mol. The third-order valence-electron chi connectivity index (χ3n) is 12.0. The van der Waals surface area contributed by atoms with Gasteiger partial charge in [-0.25, -0.2) is 9.15 Å². The molecule has 0 aromatic carbocycles. The van der Waals surface area contributed by atoms with Crippen molar-refractivity contribution in [2.75, 3.05) is 62.9 Å². The van der Waals surface area contributed by atoms with Crippen molar-refractivity contribution in [3.63, 3.8) is 0 Å². The van der Waals surface area contributed by atoms with Crippen molar-refractivity contribution in [1.82, 2.24) is 10.6 Å². The number of nitrogens with one attached hydrogen (secondary N) is 2. The van der Waals surface area contributed by atoms with Crippen molar-refractivity contribution in [3.8, 4) is 0 Å². The smallest absolute Gasteiger partial charge is 0.400 e. The van der Waals surface area contributed by atoms with Crippen molar-refractivity contribution in [1.29, 1.82) is 0 Å². The number of rotatable bonds is 15. The fourth-order valence-electron chi connectivity index (χ4n) is 9.47. The maximum Gasteiger partial charge on any atom is 0.684 e. The lowest BCUT2D eigenvalue weighted by molar-refractivity contribution is -0.207. The number of hydrogen-bond acceptors (Lipinski definition) is 40. The molecule has 12 rings (SSSR count). The molecule has 42 nitrogen and oxygen atoms in total. The van der Waals surface area contributed by atoms with Crippen molar-refractivity contribution < 1.29 is 173 Å². The molecule has 0 saturated carbocycles. The first-order chi connectivity index (χ1) is 40.2. The lowest BCUT2D eigenvalue weighted by Crippen LogP contribution is -2.89. The van der Waals surface area contributed by atoms with E-state index < -0.39 is 169 Å². The minimum atomic E-state index is -5.99. The molecule has 61 heteroatoms. The summed E-state index contributed by atoms with van der Waals surface area (Å²) in [6, 6.07) is 0.901. The van der Waals surface area contributed by atoms with E-state index in [0.717, 1.165) is 13.7 Å². The van der Waals surface area contributed by atoms with Gasteiger partial charge in [-0.1, -0.05) is 0 Å². The van der Waals surface area contributed by atoms with E-state index in [-0.39, 0.29) is 24.7 Å². The van der Waals surface area contributed by atoms with Gasteiger partial charge in [0.15, 0.2) is 0 Å². The van der Waals surface area contributed by atoms with Crippen LogP contribution in [0.5, 0.6) is 0 Å². The summed E-state index contributed by atoms with van der Waals surface area (Å²) in [6.07, 6.45) is 0.184. The van der Waals surface area contributed by atoms with Gasteiger partial charge in [0.2, 0.25) is 11.8 Å². The summed E-state index contributed by atoms with van der Waals surface area (Å²) in [5, 5.41) is 12.5. The van der Waals surface area contributed by atoms with Gasteiger partial charge in [0, 0.05) is 127 Å². The highest BCUT2D eigenvalue weighted by Crippen LogP contribution is 2.51. The van der Waals surface area contributed by atoms with E-state index in [0.29, 0.717) is 25.2 Å². The second kappa shape index (κ2) is 27.0. The van der Waals surface area contributed by atoms with E-state index in [2.05, 4.69) is 10.6 Å². The number of amides is 2. The maximum absolute atomic E-state index is 12.8. The zero-order chi connectivity index (χ0) is 66.0. The van der Waals surface area contributed by atoms with Gasteiger partial charge in [-0.15, -0.1) is 0 Å². The van der Waals surface area contributed by atoms with Crippen LogP contribution in [0.4, 0.5) is 0 Å². The monoisotopic (exact) mass is 1600 g/mol. The first-order valence-corrected chi connectivity index (χ1v) is 64.9. The van der Waals surface area contributed by atoms with Crippen LogP contribution in [0.2, 0.25) is 90.7 Å². The quantitative estimate of drug-likeness (QED) is 0.0562. The summed E-state index contributed by atoms with van der Waals surface area (Å²) in [5.41, 5.74) is 0. The molecule has 12 aliphatic heterocycles. The predicted octanol–water partition coefficient (Wildman–Crippen LogP) is -4.94. The molecule has 0 radical (unpaired) electrons. The molecule has 8 N–H and O–H groups in total. The van der Waals surface area contributed by atoms with Crippen LogP contribution in [-0.4, -0.2) is 273 Å². The van der Waals surface area contributed by atoms with Gasteiger partial charge in [0.25, 0.3) is 0 Å². The predicted molar refractivity (Wildman–Crippen MR) is 315 cm³/mol. The van der Waals surface area contributed by atoms with Gasteiger partial charge >= 0.3 is 169 Å². The Morgan fingerprint density at radius 3 is 1.24 bits per heavy atom. The normalized spacial score (nSPS) is 43.1. The van der Waals surface area contributed by atoms with Gasteiger partial charge in [-0.2, -0.15) is 0 Å². The van der Waals surface area contributed by atoms with E-state index in [4.69, 9.17) is 140 Å². The lowest BCUT2D eigenvalue weighted by atomic mass is 10.3. The largest absolute Gasteiger partial charge is 0.684 e. The fourth-order valence-corrected chi connectivity index (χ4v) is 88.4. The van der Waals surface area contributed by atoms with Gasteiger partial charge in [0.05, 0.1) is 0 Å². The van der Waals surface area contributed by atoms with Crippen LogP contribution < -0.4 is 10.6 Å². The Morgan fingerprint density at radius 1 is 0.386 bits per heavy atom. The molecule has 11 bridgehead atoms. The van der Waals surface area contributed by atoms with Crippen LogP contribution in [0.3, 0.4) is 0 Å². The van der Waals surface area contributed by atoms with Gasteiger partial charge < -0.3 is 165 Å². The highest BCUT2D eigenvalue weighted by atomic mass is 28.7. The second-order valence-corrected chi connectivity index (χ2v) is 74.2. The third kappa shape index (κ3) is 18.6. The Hall–Kier alpha value is 1.54. The van der Waals surface area contributed by atoms with Crippen molar-refractivity contribution in [2.24, 2.45) is 0 Å². The zero-order valence-electron chi connectivity index (χ0n) is 51.4. The number of carbonyl (C=O) groups is 2. The van der Waals surface area contributed by atoms with Crippen molar-refractivity contribution in [3.05, 3.63) is 0 Å². The molecule has 12 heterocycles. The summed E-state index contributed by atoms with van der Waals surface area (Å²) in [7, 11) is -77.8. The zero-order valence-corrected chi connectivity index (χ0v) is 70.5. The van der Waals surface area contributed by atoms with Gasteiger partial charge in [0.1, 0.15) is 0 Å².